The van der Waals surface area contributed by atoms with Crippen LogP contribution in [-0.2, 0) is 4.84 Å². The molecule has 0 bridgehead atoms. The van der Waals surface area contributed by atoms with Crippen molar-refractivity contribution in [2.45, 2.75) is 26.8 Å². The number of hydroxylamine groups is 1. The summed E-state index contributed by atoms with van der Waals surface area (Å²) in [7, 11) is 0. The molecule has 2 nitrogen and oxygen atoms in total. The lowest BCUT2D eigenvalue weighted by Gasteiger charge is -2.15. The van der Waals surface area contributed by atoms with E-state index in [0.717, 1.165) is 5.56 Å². The fourth-order valence-corrected chi connectivity index (χ4v) is 1.50. The van der Waals surface area contributed by atoms with Gasteiger partial charge in [0.15, 0.2) is 0 Å². The van der Waals surface area contributed by atoms with Gasteiger partial charge in [-0.15, -0.1) is 0 Å². The molecule has 0 spiro atoms. The summed E-state index contributed by atoms with van der Waals surface area (Å²) in [6, 6.07) is 5.67. The van der Waals surface area contributed by atoms with Crippen molar-refractivity contribution in [3.8, 4) is 0 Å². The Labute approximate surface area is 107 Å². The normalized spacial score (nSPS) is 13.1. The van der Waals surface area contributed by atoms with Crippen LogP contribution in [-0.4, -0.2) is 6.61 Å². The van der Waals surface area contributed by atoms with E-state index in [1.165, 1.54) is 0 Å². The second kappa shape index (κ2) is 6.45. The Morgan fingerprint density at radius 1 is 1.19 bits per heavy atom. The highest BCUT2D eigenvalue weighted by atomic mass is 35.5. The Morgan fingerprint density at radius 3 is 2.44 bits per heavy atom. The molecular weight excluding hydrogens is 245 g/mol. The van der Waals surface area contributed by atoms with Crippen LogP contribution >= 0.6 is 23.2 Å². The summed E-state index contributed by atoms with van der Waals surface area (Å²) < 4.78 is 0. The molecule has 4 heteroatoms. The molecule has 1 aromatic rings. The molecule has 0 radical (unpaired) electrons. The predicted molar refractivity (Wildman–Crippen MR) is 68.8 cm³/mol. The SMILES string of the molecule is CC(C)CONC(C)c1ccc(Cl)c(Cl)c1. The van der Waals surface area contributed by atoms with Gasteiger partial charge in [-0.1, -0.05) is 43.1 Å². The van der Waals surface area contributed by atoms with Gasteiger partial charge in [0, 0.05) is 0 Å². The second-order valence-electron chi connectivity index (χ2n) is 4.22. The van der Waals surface area contributed by atoms with Crippen LogP contribution in [0.5, 0.6) is 0 Å². The van der Waals surface area contributed by atoms with Gasteiger partial charge in [0.25, 0.3) is 0 Å². The van der Waals surface area contributed by atoms with E-state index in [2.05, 4.69) is 19.3 Å². The summed E-state index contributed by atoms with van der Waals surface area (Å²) in [4.78, 5) is 5.36. The number of nitrogens with one attached hydrogen (secondary N) is 1. The first-order valence-electron chi connectivity index (χ1n) is 5.33. The van der Waals surface area contributed by atoms with Crippen LogP contribution in [0.3, 0.4) is 0 Å². The van der Waals surface area contributed by atoms with Crippen molar-refractivity contribution in [1.82, 2.24) is 5.48 Å². The van der Waals surface area contributed by atoms with E-state index in [1.54, 1.807) is 6.07 Å². The highest BCUT2D eigenvalue weighted by Gasteiger charge is 2.07. The van der Waals surface area contributed by atoms with Gasteiger partial charge in [0.2, 0.25) is 0 Å². The molecule has 0 aliphatic rings. The summed E-state index contributed by atoms with van der Waals surface area (Å²) in [5, 5.41) is 1.14. The molecule has 0 heterocycles. The van der Waals surface area contributed by atoms with Gasteiger partial charge in [-0.2, -0.15) is 5.48 Å². The Hall–Kier alpha value is -0.280. The molecule has 0 saturated carbocycles. The number of hydrogen-bond acceptors (Lipinski definition) is 2. The molecule has 16 heavy (non-hydrogen) atoms. The summed E-state index contributed by atoms with van der Waals surface area (Å²) >= 11 is 11.8. The van der Waals surface area contributed by atoms with Crippen LogP contribution in [0.4, 0.5) is 0 Å². The standard InChI is InChI=1S/C12H17Cl2NO/c1-8(2)7-16-15-9(3)10-4-5-11(13)12(14)6-10/h4-6,8-9,15H,7H2,1-3H3. The monoisotopic (exact) mass is 261 g/mol. The lowest BCUT2D eigenvalue weighted by Crippen LogP contribution is -2.21. The molecule has 0 aromatic heterocycles. The van der Waals surface area contributed by atoms with Crippen molar-refractivity contribution in [3.63, 3.8) is 0 Å². The zero-order valence-corrected chi connectivity index (χ0v) is 11.3. The van der Waals surface area contributed by atoms with Gasteiger partial charge in [-0.25, -0.2) is 0 Å². The van der Waals surface area contributed by atoms with E-state index in [4.69, 9.17) is 28.0 Å². The first kappa shape index (κ1) is 13.8. The molecule has 1 rings (SSSR count). The highest BCUT2D eigenvalue weighted by Crippen LogP contribution is 2.25. The van der Waals surface area contributed by atoms with Crippen LogP contribution in [0.25, 0.3) is 0 Å². The molecule has 0 amide bonds. The number of benzene rings is 1. The minimum Gasteiger partial charge on any atom is -0.301 e. The first-order valence-corrected chi connectivity index (χ1v) is 6.08. The van der Waals surface area contributed by atoms with Crippen molar-refractivity contribution >= 4 is 23.2 Å². The number of halogens is 2. The fraction of sp³-hybridized carbons (Fsp3) is 0.500. The smallest absolute Gasteiger partial charge is 0.0705 e. The summed E-state index contributed by atoms with van der Waals surface area (Å²) in [5.41, 5.74) is 4.03. The van der Waals surface area contributed by atoms with Gasteiger partial charge in [-0.05, 0) is 30.5 Å². The van der Waals surface area contributed by atoms with E-state index in [0.29, 0.717) is 22.6 Å². The molecule has 0 fully saturated rings. The topological polar surface area (TPSA) is 21.3 Å². The van der Waals surface area contributed by atoms with E-state index in [9.17, 15) is 0 Å². The number of rotatable bonds is 5. The lowest BCUT2D eigenvalue weighted by molar-refractivity contribution is 0.00409. The molecule has 90 valence electrons. The summed E-state index contributed by atoms with van der Waals surface area (Å²) in [5.74, 6) is 0.508. The molecule has 1 atom stereocenters. The van der Waals surface area contributed by atoms with Gasteiger partial charge in [-0.3, -0.25) is 0 Å². The quantitative estimate of drug-likeness (QED) is 0.802. The third kappa shape index (κ3) is 4.30. The van der Waals surface area contributed by atoms with Crippen LogP contribution in [0.15, 0.2) is 18.2 Å². The third-order valence-corrected chi connectivity index (χ3v) is 2.86. The second-order valence-corrected chi connectivity index (χ2v) is 5.03. The maximum absolute atomic E-state index is 5.94. The van der Waals surface area contributed by atoms with Crippen molar-refractivity contribution in [3.05, 3.63) is 33.8 Å². The van der Waals surface area contributed by atoms with Gasteiger partial charge < -0.3 is 4.84 Å². The molecule has 0 aliphatic heterocycles. The maximum atomic E-state index is 5.94. The van der Waals surface area contributed by atoms with Crippen molar-refractivity contribution < 1.29 is 4.84 Å². The third-order valence-electron chi connectivity index (χ3n) is 2.12. The van der Waals surface area contributed by atoms with E-state index >= 15 is 0 Å². The average Bonchev–Trinajstić information content (AvgIpc) is 2.21. The van der Waals surface area contributed by atoms with Crippen LogP contribution in [0.2, 0.25) is 10.0 Å². The molecule has 1 N–H and O–H groups in total. The highest BCUT2D eigenvalue weighted by molar-refractivity contribution is 6.42. The van der Waals surface area contributed by atoms with Gasteiger partial charge >= 0.3 is 0 Å². The zero-order valence-electron chi connectivity index (χ0n) is 9.76. The van der Waals surface area contributed by atoms with E-state index in [-0.39, 0.29) is 6.04 Å². The van der Waals surface area contributed by atoms with Crippen molar-refractivity contribution in [1.29, 1.82) is 0 Å². The Morgan fingerprint density at radius 2 is 1.88 bits per heavy atom. The van der Waals surface area contributed by atoms with Crippen LogP contribution in [0.1, 0.15) is 32.4 Å². The van der Waals surface area contributed by atoms with E-state index in [1.807, 2.05) is 19.1 Å². The van der Waals surface area contributed by atoms with Crippen molar-refractivity contribution in [2.75, 3.05) is 6.61 Å². The summed E-state index contributed by atoms with van der Waals surface area (Å²) in [6.07, 6.45) is 0. The van der Waals surface area contributed by atoms with Crippen LogP contribution in [0, 0.1) is 5.92 Å². The summed E-state index contributed by atoms with van der Waals surface area (Å²) in [6.45, 7) is 6.91. The minimum absolute atomic E-state index is 0.0912. The van der Waals surface area contributed by atoms with Gasteiger partial charge in [0.05, 0.1) is 22.7 Å². The molecule has 0 aliphatic carbocycles. The minimum atomic E-state index is 0.0912. The largest absolute Gasteiger partial charge is 0.301 e. The number of hydrogen-bond donors (Lipinski definition) is 1. The van der Waals surface area contributed by atoms with Gasteiger partial charge in [0.1, 0.15) is 0 Å². The predicted octanol–water partition coefficient (Wildman–Crippen LogP) is 4.23. The van der Waals surface area contributed by atoms with Crippen molar-refractivity contribution in [2.24, 2.45) is 5.92 Å². The lowest BCUT2D eigenvalue weighted by atomic mass is 10.1. The maximum Gasteiger partial charge on any atom is 0.0705 e. The fourth-order valence-electron chi connectivity index (χ4n) is 1.19. The van der Waals surface area contributed by atoms with E-state index < -0.39 is 0 Å². The molecule has 1 unspecified atom stereocenters. The first-order chi connectivity index (χ1) is 7.50. The zero-order chi connectivity index (χ0) is 12.1. The Kier molecular flexibility index (Phi) is 5.56. The Balaban J connectivity index is 2.52. The molecule has 1 aromatic carbocycles. The molecular formula is C12H17Cl2NO. The van der Waals surface area contributed by atoms with Crippen LogP contribution < -0.4 is 5.48 Å². The average molecular weight is 262 g/mol. The molecule has 0 saturated heterocycles. The Bertz CT molecular complexity index is 342.